The molecule has 18 heavy (non-hydrogen) atoms. The third-order valence-electron chi connectivity index (χ3n) is 4.36. The Bertz CT molecular complexity index is 358. The number of aryl methyl sites for hydroxylation is 1. The molecule has 1 aliphatic rings. The first kappa shape index (κ1) is 13.6. The molecule has 0 aromatic carbocycles. The topological polar surface area (TPSA) is 43.8 Å². The van der Waals surface area contributed by atoms with E-state index in [0.717, 1.165) is 18.9 Å². The number of hydrogen-bond acceptors (Lipinski definition) is 2. The van der Waals surface area contributed by atoms with Gasteiger partial charge in [0.2, 0.25) is 0 Å². The molecule has 1 aromatic heterocycles. The fraction of sp³-hybridized carbons (Fsp3) is 0.800. The van der Waals surface area contributed by atoms with Crippen LogP contribution >= 0.6 is 0 Å². The average molecular weight is 249 g/mol. The Morgan fingerprint density at radius 2 is 2.22 bits per heavy atom. The van der Waals surface area contributed by atoms with E-state index in [1.165, 1.54) is 37.7 Å². The second-order valence-electron chi connectivity index (χ2n) is 5.80. The van der Waals surface area contributed by atoms with Crippen molar-refractivity contribution in [1.29, 1.82) is 0 Å². The summed E-state index contributed by atoms with van der Waals surface area (Å²) >= 11 is 0. The van der Waals surface area contributed by atoms with Crippen LogP contribution in [-0.4, -0.2) is 15.8 Å². The molecule has 0 spiro atoms. The third-order valence-corrected chi connectivity index (χ3v) is 4.36. The van der Waals surface area contributed by atoms with E-state index < -0.39 is 0 Å². The van der Waals surface area contributed by atoms with Crippen LogP contribution in [0.1, 0.15) is 51.5 Å². The Morgan fingerprint density at radius 1 is 1.39 bits per heavy atom. The van der Waals surface area contributed by atoms with Gasteiger partial charge in [0.15, 0.2) is 0 Å². The van der Waals surface area contributed by atoms with E-state index in [-0.39, 0.29) is 0 Å². The highest BCUT2D eigenvalue weighted by Gasteiger charge is 2.27. The van der Waals surface area contributed by atoms with Crippen LogP contribution in [0.3, 0.4) is 0 Å². The number of aromatic nitrogens is 2. The molecule has 0 radical (unpaired) electrons. The SMILES string of the molecule is CCCC1CCC(N)C(Cc2cnn(CC)c2)C1. The zero-order valence-corrected chi connectivity index (χ0v) is 11.8. The number of hydrogen-bond donors (Lipinski definition) is 1. The molecule has 3 unspecified atom stereocenters. The second-order valence-corrected chi connectivity index (χ2v) is 5.80. The molecule has 2 N–H and O–H groups in total. The van der Waals surface area contributed by atoms with Gasteiger partial charge in [-0.3, -0.25) is 4.68 Å². The molecule has 0 aliphatic heterocycles. The highest BCUT2D eigenvalue weighted by molar-refractivity contribution is 5.06. The van der Waals surface area contributed by atoms with E-state index in [1.54, 1.807) is 0 Å². The van der Waals surface area contributed by atoms with Gasteiger partial charge in [-0.05, 0) is 50.0 Å². The molecule has 0 amide bonds. The molecule has 1 saturated carbocycles. The quantitative estimate of drug-likeness (QED) is 0.872. The van der Waals surface area contributed by atoms with Crippen molar-refractivity contribution in [2.75, 3.05) is 0 Å². The highest BCUT2D eigenvalue weighted by Crippen LogP contribution is 2.33. The molecular formula is C15H27N3. The molecule has 1 fully saturated rings. The molecule has 1 heterocycles. The van der Waals surface area contributed by atoms with Crippen molar-refractivity contribution in [3.63, 3.8) is 0 Å². The summed E-state index contributed by atoms with van der Waals surface area (Å²) in [5, 5.41) is 4.36. The third kappa shape index (κ3) is 3.35. The van der Waals surface area contributed by atoms with Gasteiger partial charge in [-0.2, -0.15) is 5.10 Å². The van der Waals surface area contributed by atoms with Crippen LogP contribution in [0.15, 0.2) is 12.4 Å². The summed E-state index contributed by atoms with van der Waals surface area (Å²) in [6.07, 6.45) is 11.8. The van der Waals surface area contributed by atoms with E-state index in [2.05, 4.69) is 25.1 Å². The van der Waals surface area contributed by atoms with Gasteiger partial charge in [0, 0.05) is 18.8 Å². The zero-order valence-electron chi connectivity index (χ0n) is 11.8. The molecule has 102 valence electrons. The van der Waals surface area contributed by atoms with Crippen molar-refractivity contribution in [1.82, 2.24) is 9.78 Å². The van der Waals surface area contributed by atoms with E-state index >= 15 is 0 Å². The van der Waals surface area contributed by atoms with Gasteiger partial charge in [-0.1, -0.05) is 19.8 Å². The summed E-state index contributed by atoms with van der Waals surface area (Å²) in [5.41, 5.74) is 7.65. The fourth-order valence-corrected chi connectivity index (χ4v) is 3.28. The summed E-state index contributed by atoms with van der Waals surface area (Å²) < 4.78 is 2.01. The van der Waals surface area contributed by atoms with E-state index in [1.807, 2.05) is 10.9 Å². The summed E-state index contributed by atoms with van der Waals surface area (Å²) in [5.74, 6) is 1.56. The Balaban J connectivity index is 1.93. The summed E-state index contributed by atoms with van der Waals surface area (Å²) in [6, 6.07) is 0.392. The smallest absolute Gasteiger partial charge is 0.0521 e. The van der Waals surface area contributed by atoms with Crippen LogP contribution in [0, 0.1) is 11.8 Å². The lowest BCUT2D eigenvalue weighted by molar-refractivity contribution is 0.221. The highest BCUT2D eigenvalue weighted by atomic mass is 15.3. The van der Waals surface area contributed by atoms with Crippen LogP contribution < -0.4 is 5.73 Å². The Hall–Kier alpha value is -0.830. The van der Waals surface area contributed by atoms with Gasteiger partial charge in [-0.15, -0.1) is 0 Å². The van der Waals surface area contributed by atoms with Crippen LogP contribution in [-0.2, 0) is 13.0 Å². The van der Waals surface area contributed by atoms with Gasteiger partial charge >= 0.3 is 0 Å². The normalized spacial score (nSPS) is 28.5. The van der Waals surface area contributed by atoms with Crippen LogP contribution in [0.25, 0.3) is 0 Å². The summed E-state index contributed by atoms with van der Waals surface area (Å²) in [7, 11) is 0. The maximum Gasteiger partial charge on any atom is 0.0521 e. The van der Waals surface area contributed by atoms with Crippen molar-refractivity contribution in [2.45, 2.75) is 65.0 Å². The average Bonchev–Trinajstić information content (AvgIpc) is 2.81. The first-order valence-electron chi connectivity index (χ1n) is 7.49. The fourth-order valence-electron chi connectivity index (χ4n) is 3.28. The predicted octanol–water partition coefficient (Wildman–Crippen LogP) is 2.99. The summed E-state index contributed by atoms with van der Waals surface area (Å²) in [4.78, 5) is 0. The standard InChI is InChI=1S/C15H27N3/c1-3-5-12-6-7-15(16)14(8-12)9-13-10-17-18(4-2)11-13/h10-12,14-15H,3-9,16H2,1-2H3. The molecule has 1 aliphatic carbocycles. The summed E-state index contributed by atoms with van der Waals surface area (Å²) in [6.45, 7) is 5.37. The van der Waals surface area contributed by atoms with Crippen molar-refractivity contribution >= 4 is 0 Å². The van der Waals surface area contributed by atoms with Crippen molar-refractivity contribution in [3.8, 4) is 0 Å². The minimum Gasteiger partial charge on any atom is -0.327 e. The first-order chi connectivity index (χ1) is 8.72. The van der Waals surface area contributed by atoms with E-state index in [0.29, 0.717) is 12.0 Å². The van der Waals surface area contributed by atoms with Crippen LogP contribution in [0.4, 0.5) is 0 Å². The Morgan fingerprint density at radius 3 is 2.89 bits per heavy atom. The monoisotopic (exact) mass is 249 g/mol. The number of nitrogens with zero attached hydrogens (tertiary/aromatic N) is 2. The minimum atomic E-state index is 0.392. The lowest BCUT2D eigenvalue weighted by Gasteiger charge is -2.34. The lowest BCUT2D eigenvalue weighted by atomic mass is 9.74. The first-order valence-corrected chi connectivity index (χ1v) is 7.49. The molecule has 0 saturated heterocycles. The predicted molar refractivity (Wildman–Crippen MR) is 75.3 cm³/mol. The maximum atomic E-state index is 6.30. The zero-order chi connectivity index (χ0) is 13.0. The van der Waals surface area contributed by atoms with Gasteiger partial charge in [0.1, 0.15) is 0 Å². The van der Waals surface area contributed by atoms with Crippen molar-refractivity contribution < 1.29 is 0 Å². The molecule has 1 aromatic rings. The van der Waals surface area contributed by atoms with Gasteiger partial charge in [0.05, 0.1) is 6.20 Å². The van der Waals surface area contributed by atoms with Crippen molar-refractivity contribution in [2.24, 2.45) is 17.6 Å². The number of nitrogens with two attached hydrogens (primary N) is 1. The Kier molecular flexibility index (Phi) is 4.81. The molecular weight excluding hydrogens is 222 g/mol. The van der Waals surface area contributed by atoms with Crippen molar-refractivity contribution in [3.05, 3.63) is 18.0 Å². The van der Waals surface area contributed by atoms with Gasteiger partial charge in [-0.25, -0.2) is 0 Å². The lowest BCUT2D eigenvalue weighted by Crippen LogP contribution is -2.37. The molecule has 3 atom stereocenters. The Labute approximate surface area is 111 Å². The van der Waals surface area contributed by atoms with Gasteiger partial charge in [0.25, 0.3) is 0 Å². The maximum absolute atomic E-state index is 6.30. The van der Waals surface area contributed by atoms with E-state index in [9.17, 15) is 0 Å². The van der Waals surface area contributed by atoms with Gasteiger partial charge < -0.3 is 5.73 Å². The molecule has 3 nitrogen and oxygen atoms in total. The molecule has 0 bridgehead atoms. The second kappa shape index (κ2) is 6.37. The number of rotatable bonds is 5. The van der Waals surface area contributed by atoms with Crippen LogP contribution in [0.5, 0.6) is 0 Å². The largest absolute Gasteiger partial charge is 0.327 e. The van der Waals surface area contributed by atoms with E-state index in [4.69, 9.17) is 5.73 Å². The molecule has 2 rings (SSSR count). The van der Waals surface area contributed by atoms with Crippen LogP contribution in [0.2, 0.25) is 0 Å². The molecule has 3 heteroatoms. The minimum absolute atomic E-state index is 0.392.